The molecule has 0 bridgehead atoms. The lowest BCUT2D eigenvalue weighted by atomic mass is 10.2. The molecule has 0 aromatic heterocycles. The Kier molecular flexibility index (Phi) is 5.99. The van der Waals surface area contributed by atoms with Crippen LogP contribution in [0.15, 0.2) is 0 Å². The van der Waals surface area contributed by atoms with Crippen molar-refractivity contribution in [1.29, 1.82) is 0 Å². The Balaban J connectivity index is 3.68. The number of hydrogen-bond donors (Lipinski definition) is 1. The first kappa shape index (κ1) is 12.0. The van der Waals surface area contributed by atoms with E-state index in [9.17, 15) is 4.79 Å². The number of hydrogen-bond acceptors (Lipinski definition) is 3. The van der Waals surface area contributed by atoms with Crippen LogP contribution in [0.1, 0.15) is 27.2 Å². The molecule has 0 aliphatic carbocycles. The van der Waals surface area contributed by atoms with Crippen LogP contribution in [0.2, 0.25) is 0 Å². The van der Waals surface area contributed by atoms with Crippen LogP contribution in [0.25, 0.3) is 0 Å². The zero-order valence-electron chi connectivity index (χ0n) is 8.46. The van der Waals surface area contributed by atoms with Gasteiger partial charge in [0.25, 0.3) is 0 Å². The van der Waals surface area contributed by atoms with Crippen LogP contribution >= 0.6 is 0 Å². The van der Waals surface area contributed by atoms with Crippen molar-refractivity contribution >= 4 is 5.97 Å². The lowest BCUT2D eigenvalue weighted by molar-refractivity contribution is -0.143. The molecule has 0 aliphatic rings. The molecule has 1 N–H and O–H groups in total. The largest absolute Gasteiger partial charge is 0.466 e. The summed E-state index contributed by atoms with van der Waals surface area (Å²) < 4.78 is 4.80. The molecule has 0 rings (SSSR count). The average molecular weight is 183 g/mol. The normalized spacial score (nSPS) is 14.3. The Hall–Kier alpha value is -1.01. The maximum Gasteiger partial charge on any atom is 0.307 e. The first-order chi connectivity index (χ1) is 6.10. The molecule has 0 aliphatic heterocycles. The van der Waals surface area contributed by atoms with E-state index in [1.54, 1.807) is 6.92 Å². The molecular weight excluding hydrogens is 166 g/mol. The highest BCUT2D eigenvalue weighted by molar-refractivity contribution is 5.70. The van der Waals surface area contributed by atoms with E-state index in [-0.39, 0.29) is 18.1 Å². The Morgan fingerprint density at radius 3 is 2.69 bits per heavy atom. The van der Waals surface area contributed by atoms with Crippen LogP contribution < -0.4 is 5.32 Å². The van der Waals surface area contributed by atoms with E-state index in [0.29, 0.717) is 13.0 Å². The summed E-state index contributed by atoms with van der Waals surface area (Å²) in [6, 6.07) is 0.0505. The first-order valence-corrected chi connectivity index (χ1v) is 4.48. The Morgan fingerprint density at radius 1 is 1.62 bits per heavy atom. The van der Waals surface area contributed by atoms with Gasteiger partial charge >= 0.3 is 5.97 Å². The summed E-state index contributed by atoms with van der Waals surface area (Å²) >= 11 is 0. The van der Waals surface area contributed by atoms with Gasteiger partial charge in [0.2, 0.25) is 0 Å². The fourth-order valence-electron chi connectivity index (χ4n) is 1.00. The molecule has 0 saturated carbocycles. The highest BCUT2D eigenvalue weighted by Crippen LogP contribution is 1.95. The summed E-state index contributed by atoms with van der Waals surface area (Å²) in [6.07, 6.45) is 5.54. The molecular formula is C10H17NO2. The van der Waals surface area contributed by atoms with Crippen LogP contribution in [0.4, 0.5) is 0 Å². The van der Waals surface area contributed by atoms with Gasteiger partial charge in [-0.05, 0) is 20.8 Å². The van der Waals surface area contributed by atoms with Gasteiger partial charge in [-0.2, -0.15) is 0 Å². The second kappa shape index (κ2) is 6.50. The van der Waals surface area contributed by atoms with E-state index in [2.05, 4.69) is 11.2 Å². The number of terminal acetylenes is 1. The van der Waals surface area contributed by atoms with E-state index in [0.717, 1.165) is 0 Å². The van der Waals surface area contributed by atoms with Crippen LogP contribution in [-0.4, -0.2) is 24.7 Å². The van der Waals surface area contributed by atoms with E-state index in [1.165, 1.54) is 0 Å². The molecule has 2 atom stereocenters. The van der Waals surface area contributed by atoms with E-state index in [1.807, 2.05) is 13.8 Å². The van der Waals surface area contributed by atoms with Crippen molar-refractivity contribution in [2.45, 2.75) is 39.3 Å². The number of rotatable bonds is 5. The first-order valence-electron chi connectivity index (χ1n) is 4.48. The summed E-state index contributed by atoms with van der Waals surface area (Å²) in [4.78, 5) is 11.0. The summed E-state index contributed by atoms with van der Waals surface area (Å²) in [5, 5.41) is 3.08. The van der Waals surface area contributed by atoms with Crippen molar-refractivity contribution in [2.24, 2.45) is 0 Å². The molecule has 0 saturated heterocycles. The Morgan fingerprint density at radius 2 is 2.23 bits per heavy atom. The van der Waals surface area contributed by atoms with Gasteiger partial charge < -0.3 is 10.1 Å². The minimum absolute atomic E-state index is 0.00979. The van der Waals surface area contributed by atoms with Crippen molar-refractivity contribution in [3.63, 3.8) is 0 Å². The molecule has 0 radical (unpaired) electrons. The molecule has 0 heterocycles. The molecule has 0 fully saturated rings. The predicted octanol–water partition coefficient (Wildman–Crippen LogP) is 0.939. The maximum atomic E-state index is 11.0. The van der Waals surface area contributed by atoms with Crippen LogP contribution in [0.3, 0.4) is 0 Å². The van der Waals surface area contributed by atoms with Crippen molar-refractivity contribution in [3.8, 4) is 12.3 Å². The van der Waals surface area contributed by atoms with Gasteiger partial charge in [-0.25, -0.2) is 0 Å². The molecule has 3 nitrogen and oxygen atoms in total. The minimum atomic E-state index is -0.188. The minimum Gasteiger partial charge on any atom is -0.466 e. The van der Waals surface area contributed by atoms with Crippen molar-refractivity contribution in [3.05, 3.63) is 0 Å². The summed E-state index contributed by atoms with van der Waals surface area (Å²) in [5.41, 5.74) is 0. The van der Waals surface area contributed by atoms with Gasteiger partial charge in [0.05, 0.1) is 19.1 Å². The lowest BCUT2D eigenvalue weighted by Gasteiger charge is -2.14. The quantitative estimate of drug-likeness (QED) is 0.509. The SMILES string of the molecule is C#CC(C)NC(C)CC(=O)OCC. The number of carbonyl (C=O) groups excluding carboxylic acids is 1. The van der Waals surface area contributed by atoms with E-state index in [4.69, 9.17) is 11.2 Å². The average Bonchev–Trinajstić information content (AvgIpc) is 2.04. The number of carbonyl (C=O) groups is 1. The smallest absolute Gasteiger partial charge is 0.307 e. The third-order valence-electron chi connectivity index (χ3n) is 1.56. The predicted molar refractivity (Wildman–Crippen MR) is 52.1 cm³/mol. The fourth-order valence-corrected chi connectivity index (χ4v) is 1.00. The zero-order chi connectivity index (χ0) is 10.3. The molecule has 13 heavy (non-hydrogen) atoms. The van der Waals surface area contributed by atoms with Crippen molar-refractivity contribution in [1.82, 2.24) is 5.32 Å². The van der Waals surface area contributed by atoms with E-state index >= 15 is 0 Å². The molecule has 0 aromatic rings. The van der Waals surface area contributed by atoms with E-state index < -0.39 is 0 Å². The monoisotopic (exact) mass is 183 g/mol. The third-order valence-corrected chi connectivity index (χ3v) is 1.56. The van der Waals surface area contributed by atoms with Crippen LogP contribution in [-0.2, 0) is 9.53 Å². The zero-order valence-corrected chi connectivity index (χ0v) is 8.46. The van der Waals surface area contributed by atoms with Gasteiger partial charge in [0, 0.05) is 6.04 Å². The van der Waals surface area contributed by atoms with Crippen LogP contribution in [0.5, 0.6) is 0 Å². The summed E-state index contributed by atoms with van der Waals surface area (Å²) in [5.74, 6) is 2.35. The van der Waals surface area contributed by atoms with Gasteiger partial charge in [0.15, 0.2) is 0 Å². The molecule has 3 heteroatoms. The number of nitrogens with one attached hydrogen (secondary N) is 1. The maximum absolute atomic E-state index is 11.0. The number of esters is 1. The Bertz CT molecular complexity index is 196. The second-order valence-corrected chi connectivity index (χ2v) is 2.97. The summed E-state index contributed by atoms with van der Waals surface area (Å²) in [6.45, 7) is 6.00. The standard InChI is InChI=1S/C10H17NO2/c1-5-8(3)11-9(4)7-10(12)13-6-2/h1,8-9,11H,6-7H2,2-4H3. The third kappa shape index (κ3) is 6.18. The van der Waals surface area contributed by atoms with Gasteiger partial charge in [-0.3, -0.25) is 4.79 Å². The van der Waals surface area contributed by atoms with Gasteiger partial charge in [-0.15, -0.1) is 6.42 Å². The molecule has 2 unspecified atom stereocenters. The highest BCUT2D eigenvalue weighted by Gasteiger charge is 2.10. The highest BCUT2D eigenvalue weighted by atomic mass is 16.5. The molecule has 0 spiro atoms. The van der Waals surface area contributed by atoms with Gasteiger partial charge in [-0.1, -0.05) is 5.92 Å². The van der Waals surface area contributed by atoms with Crippen LogP contribution in [0, 0.1) is 12.3 Å². The second-order valence-electron chi connectivity index (χ2n) is 2.97. The lowest BCUT2D eigenvalue weighted by Crippen LogP contribution is -2.35. The fraction of sp³-hybridized carbons (Fsp3) is 0.700. The molecule has 0 amide bonds. The molecule has 74 valence electrons. The summed E-state index contributed by atoms with van der Waals surface area (Å²) in [7, 11) is 0. The number of ether oxygens (including phenoxy) is 1. The van der Waals surface area contributed by atoms with Gasteiger partial charge in [0.1, 0.15) is 0 Å². The molecule has 0 aromatic carbocycles. The van der Waals surface area contributed by atoms with Crippen molar-refractivity contribution in [2.75, 3.05) is 6.61 Å². The topological polar surface area (TPSA) is 38.3 Å². The Labute approximate surface area is 79.8 Å². The van der Waals surface area contributed by atoms with Crippen molar-refractivity contribution < 1.29 is 9.53 Å².